The first-order valence-corrected chi connectivity index (χ1v) is 11.1. The van der Waals surface area contributed by atoms with E-state index in [2.05, 4.69) is 16.1 Å². The van der Waals surface area contributed by atoms with Crippen molar-refractivity contribution in [2.75, 3.05) is 33.0 Å². The SMILES string of the molecule is O=C(Cn1nc2c(cc1=O)CCCCC2)N1CCN(Cc2ccc3c(c2)OCO3)CC1. The van der Waals surface area contributed by atoms with Crippen LogP contribution in [0, 0.1) is 0 Å². The van der Waals surface area contributed by atoms with Crippen molar-refractivity contribution >= 4 is 5.91 Å². The van der Waals surface area contributed by atoms with E-state index in [1.54, 1.807) is 6.07 Å². The third-order valence-electron chi connectivity index (χ3n) is 6.38. The van der Waals surface area contributed by atoms with Gasteiger partial charge in [0, 0.05) is 38.8 Å². The van der Waals surface area contributed by atoms with E-state index in [0.29, 0.717) is 13.1 Å². The Kier molecular flexibility index (Phi) is 5.63. The topological polar surface area (TPSA) is 76.9 Å². The molecule has 3 heterocycles. The maximum atomic E-state index is 12.8. The average molecular weight is 425 g/mol. The van der Waals surface area contributed by atoms with Crippen LogP contribution in [0.25, 0.3) is 0 Å². The molecule has 31 heavy (non-hydrogen) atoms. The number of rotatable bonds is 4. The van der Waals surface area contributed by atoms with Gasteiger partial charge in [-0.2, -0.15) is 5.10 Å². The van der Waals surface area contributed by atoms with Crippen LogP contribution in [0.4, 0.5) is 0 Å². The molecule has 1 amide bonds. The van der Waals surface area contributed by atoms with Gasteiger partial charge in [-0.15, -0.1) is 0 Å². The molecule has 2 aliphatic heterocycles. The molecular weight excluding hydrogens is 396 g/mol. The van der Waals surface area contributed by atoms with E-state index in [-0.39, 0.29) is 24.8 Å². The van der Waals surface area contributed by atoms with Gasteiger partial charge in [0.05, 0.1) is 5.69 Å². The first-order valence-electron chi connectivity index (χ1n) is 11.1. The summed E-state index contributed by atoms with van der Waals surface area (Å²) in [5.74, 6) is 1.55. The van der Waals surface area contributed by atoms with Gasteiger partial charge < -0.3 is 14.4 Å². The highest BCUT2D eigenvalue weighted by atomic mass is 16.7. The molecule has 8 nitrogen and oxygen atoms in total. The van der Waals surface area contributed by atoms with Gasteiger partial charge in [0.15, 0.2) is 11.5 Å². The number of aromatic nitrogens is 2. The van der Waals surface area contributed by atoms with Crippen molar-refractivity contribution in [3.8, 4) is 11.5 Å². The van der Waals surface area contributed by atoms with Gasteiger partial charge in [0.25, 0.3) is 5.56 Å². The number of aryl methyl sites for hydroxylation is 2. The summed E-state index contributed by atoms with van der Waals surface area (Å²) in [5.41, 5.74) is 3.04. The number of piperazine rings is 1. The van der Waals surface area contributed by atoms with Crippen molar-refractivity contribution < 1.29 is 14.3 Å². The maximum Gasteiger partial charge on any atom is 0.267 e. The number of hydrogen-bond donors (Lipinski definition) is 0. The van der Waals surface area contributed by atoms with Crippen LogP contribution in [0.15, 0.2) is 29.1 Å². The summed E-state index contributed by atoms with van der Waals surface area (Å²) in [6.45, 7) is 4.02. The Labute approximate surface area is 181 Å². The second-order valence-electron chi connectivity index (χ2n) is 8.52. The summed E-state index contributed by atoms with van der Waals surface area (Å²) in [6, 6.07) is 7.71. The fraction of sp³-hybridized carbons (Fsp3) is 0.522. The van der Waals surface area contributed by atoms with Crippen molar-refractivity contribution in [2.24, 2.45) is 0 Å². The predicted molar refractivity (Wildman–Crippen MR) is 114 cm³/mol. The lowest BCUT2D eigenvalue weighted by Gasteiger charge is -2.34. The van der Waals surface area contributed by atoms with Crippen LogP contribution in [-0.4, -0.2) is 58.5 Å². The third-order valence-corrected chi connectivity index (χ3v) is 6.38. The van der Waals surface area contributed by atoms with Crippen LogP contribution in [0.3, 0.4) is 0 Å². The molecule has 3 aliphatic rings. The minimum atomic E-state index is -0.171. The average Bonchev–Trinajstić information content (AvgIpc) is 3.13. The number of fused-ring (bicyclic) bond motifs is 2. The van der Waals surface area contributed by atoms with Gasteiger partial charge in [-0.3, -0.25) is 14.5 Å². The fourth-order valence-corrected chi connectivity index (χ4v) is 4.57. The Bertz CT molecular complexity index is 1030. The normalized spacial score (nSPS) is 18.5. The predicted octanol–water partition coefficient (Wildman–Crippen LogP) is 1.59. The molecule has 0 radical (unpaired) electrons. The molecule has 2 aromatic rings. The van der Waals surface area contributed by atoms with Gasteiger partial charge in [-0.05, 0) is 48.9 Å². The first-order chi connectivity index (χ1) is 15.2. The Morgan fingerprint density at radius 1 is 0.968 bits per heavy atom. The minimum Gasteiger partial charge on any atom is -0.454 e. The molecule has 1 aromatic heterocycles. The third kappa shape index (κ3) is 4.44. The summed E-state index contributed by atoms with van der Waals surface area (Å²) < 4.78 is 12.2. The number of benzene rings is 1. The first kappa shape index (κ1) is 20.1. The lowest BCUT2D eigenvalue weighted by Crippen LogP contribution is -2.49. The number of carbonyl (C=O) groups excluding carboxylic acids is 1. The van der Waals surface area contributed by atoms with E-state index in [0.717, 1.165) is 68.1 Å². The Morgan fingerprint density at radius 3 is 2.65 bits per heavy atom. The summed E-state index contributed by atoms with van der Waals surface area (Å²) in [6.07, 6.45) is 5.17. The Hall–Kier alpha value is -2.87. The van der Waals surface area contributed by atoms with E-state index in [1.165, 1.54) is 16.7 Å². The zero-order valence-electron chi connectivity index (χ0n) is 17.7. The largest absolute Gasteiger partial charge is 0.454 e. The van der Waals surface area contributed by atoms with Gasteiger partial charge >= 0.3 is 0 Å². The molecule has 1 saturated heterocycles. The zero-order valence-corrected chi connectivity index (χ0v) is 17.7. The van der Waals surface area contributed by atoms with Gasteiger partial charge in [0.2, 0.25) is 12.7 Å². The minimum absolute atomic E-state index is 0.0221. The molecule has 8 heteroatoms. The molecule has 1 fully saturated rings. The van der Waals surface area contributed by atoms with Gasteiger partial charge in [-0.25, -0.2) is 4.68 Å². The second-order valence-corrected chi connectivity index (χ2v) is 8.52. The zero-order chi connectivity index (χ0) is 21.2. The van der Waals surface area contributed by atoms with E-state index in [9.17, 15) is 9.59 Å². The summed E-state index contributed by atoms with van der Waals surface area (Å²) in [4.78, 5) is 29.5. The monoisotopic (exact) mass is 424 g/mol. The van der Waals surface area contributed by atoms with Gasteiger partial charge in [-0.1, -0.05) is 12.5 Å². The van der Waals surface area contributed by atoms with Crippen LogP contribution in [0.1, 0.15) is 36.1 Å². The van der Waals surface area contributed by atoms with Crippen molar-refractivity contribution in [3.05, 3.63) is 51.4 Å². The van der Waals surface area contributed by atoms with Gasteiger partial charge in [0.1, 0.15) is 6.54 Å². The molecule has 0 spiro atoms. The Morgan fingerprint density at radius 2 is 1.77 bits per heavy atom. The van der Waals surface area contributed by atoms with E-state index in [4.69, 9.17) is 9.47 Å². The highest BCUT2D eigenvalue weighted by molar-refractivity contribution is 5.76. The molecule has 5 rings (SSSR count). The molecular formula is C23H28N4O4. The Balaban J connectivity index is 1.17. The molecule has 1 aliphatic carbocycles. The lowest BCUT2D eigenvalue weighted by molar-refractivity contribution is -0.133. The number of amides is 1. The van der Waals surface area contributed by atoms with Crippen molar-refractivity contribution in [3.63, 3.8) is 0 Å². The molecule has 164 valence electrons. The highest BCUT2D eigenvalue weighted by Gasteiger charge is 2.23. The van der Waals surface area contributed by atoms with Crippen LogP contribution in [0.5, 0.6) is 11.5 Å². The van der Waals surface area contributed by atoms with Crippen LogP contribution < -0.4 is 15.0 Å². The number of ether oxygens (including phenoxy) is 2. The fourth-order valence-electron chi connectivity index (χ4n) is 4.57. The van der Waals surface area contributed by atoms with Crippen LogP contribution >= 0.6 is 0 Å². The summed E-state index contributed by atoms with van der Waals surface area (Å²) in [5, 5.41) is 4.53. The lowest BCUT2D eigenvalue weighted by atomic mass is 10.1. The number of hydrogen-bond acceptors (Lipinski definition) is 6. The summed E-state index contributed by atoms with van der Waals surface area (Å²) >= 11 is 0. The standard InChI is InChI=1S/C23H28N4O4/c28-22-13-18-4-2-1-3-5-19(18)24-27(22)15-23(29)26-10-8-25(9-11-26)14-17-6-7-20-21(12-17)31-16-30-20/h6-7,12-13H,1-5,8-11,14-16H2. The van der Waals surface area contributed by atoms with Crippen molar-refractivity contribution in [2.45, 2.75) is 45.2 Å². The molecule has 0 bridgehead atoms. The second kappa shape index (κ2) is 8.70. The van der Waals surface area contributed by atoms with Crippen molar-refractivity contribution in [1.29, 1.82) is 0 Å². The van der Waals surface area contributed by atoms with Crippen LogP contribution in [0.2, 0.25) is 0 Å². The number of carbonyl (C=O) groups is 1. The van der Waals surface area contributed by atoms with Crippen molar-refractivity contribution in [1.82, 2.24) is 19.6 Å². The summed E-state index contributed by atoms with van der Waals surface area (Å²) in [7, 11) is 0. The van der Waals surface area contributed by atoms with Crippen LogP contribution in [-0.2, 0) is 30.7 Å². The van der Waals surface area contributed by atoms with E-state index < -0.39 is 0 Å². The molecule has 1 aromatic carbocycles. The maximum absolute atomic E-state index is 12.8. The molecule has 0 atom stereocenters. The molecule has 0 N–H and O–H groups in total. The van der Waals surface area contributed by atoms with E-state index >= 15 is 0 Å². The molecule has 0 saturated carbocycles. The highest BCUT2D eigenvalue weighted by Crippen LogP contribution is 2.32. The quantitative estimate of drug-likeness (QED) is 0.694. The van der Waals surface area contributed by atoms with E-state index in [1.807, 2.05) is 17.0 Å². The molecule has 0 unspecified atom stereocenters. The number of nitrogens with zero attached hydrogens (tertiary/aromatic N) is 4. The smallest absolute Gasteiger partial charge is 0.267 e.